The molecule has 23 heavy (non-hydrogen) atoms. The molecule has 2 heterocycles. The molecule has 4 atom stereocenters. The molecule has 0 spiro atoms. The Morgan fingerprint density at radius 3 is 2.43 bits per heavy atom. The number of benzene rings is 1. The lowest BCUT2D eigenvalue weighted by Crippen LogP contribution is -2.45. The number of hydrogen-bond donors (Lipinski definition) is 1. The van der Waals surface area contributed by atoms with Crippen molar-refractivity contribution < 1.29 is 18.7 Å². The highest BCUT2D eigenvalue weighted by atomic mass is 19.1. The molecule has 2 aliphatic rings. The minimum absolute atomic E-state index is 0.0747. The van der Waals surface area contributed by atoms with E-state index in [1.807, 2.05) is 25.7 Å². The molecular weight excluding hydrogens is 299 g/mol. The number of carbonyl (C=O) groups is 1. The lowest BCUT2D eigenvalue weighted by atomic mass is 10.1. The number of carbonyl (C=O) groups excluding carboxylic acids is 1. The van der Waals surface area contributed by atoms with Gasteiger partial charge in [-0.05, 0) is 39.0 Å². The number of rotatable bonds is 3. The minimum Gasteiger partial charge on any atom is -0.461 e. The van der Waals surface area contributed by atoms with Gasteiger partial charge in [-0.3, -0.25) is 0 Å². The highest BCUT2D eigenvalue weighted by Crippen LogP contribution is 2.27. The second kappa shape index (κ2) is 6.35. The summed E-state index contributed by atoms with van der Waals surface area (Å²) in [6.07, 6.45) is 0.651. The maximum Gasteiger partial charge on any atom is 0.328 e. The molecule has 3 rings (SSSR count). The topological polar surface area (TPSA) is 50.8 Å². The highest BCUT2D eigenvalue weighted by Gasteiger charge is 2.32. The first-order valence-corrected chi connectivity index (χ1v) is 8.09. The van der Waals surface area contributed by atoms with Gasteiger partial charge in [-0.1, -0.05) is 0 Å². The van der Waals surface area contributed by atoms with Crippen LogP contribution in [0.5, 0.6) is 0 Å². The number of ether oxygens (including phenoxy) is 2. The maximum atomic E-state index is 14.5. The Balaban J connectivity index is 1.72. The molecule has 0 amide bonds. The smallest absolute Gasteiger partial charge is 0.328 e. The third kappa shape index (κ3) is 3.58. The van der Waals surface area contributed by atoms with Gasteiger partial charge in [-0.2, -0.15) is 0 Å². The fraction of sp³-hybridized carbons (Fsp3) is 0.588. The van der Waals surface area contributed by atoms with Crippen LogP contribution in [0.1, 0.15) is 27.2 Å². The van der Waals surface area contributed by atoms with Crippen LogP contribution in [0.3, 0.4) is 0 Å². The third-order valence-electron chi connectivity index (χ3n) is 4.22. The molecule has 0 aliphatic carbocycles. The first-order valence-electron chi connectivity index (χ1n) is 8.09. The Labute approximate surface area is 135 Å². The molecule has 0 bridgehead atoms. The first-order chi connectivity index (χ1) is 10.9. The molecule has 0 unspecified atom stereocenters. The Morgan fingerprint density at radius 2 is 1.87 bits per heavy atom. The molecule has 5 nitrogen and oxygen atoms in total. The number of halogens is 1. The van der Waals surface area contributed by atoms with Crippen LogP contribution in [0, 0.1) is 5.82 Å². The first kappa shape index (κ1) is 16.1. The van der Waals surface area contributed by atoms with Gasteiger partial charge in [0.05, 0.1) is 17.9 Å². The van der Waals surface area contributed by atoms with Crippen molar-refractivity contribution in [3.05, 3.63) is 24.0 Å². The predicted octanol–water partition coefficient (Wildman–Crippen LogP) is 2.56. The highest BCUT2D eigenvalue weighted by molar-refractivity contribution is 5.81. The van der Waals surface area contributed by atoms with Crippen molar-refractivity contribution in [2.75, 3.05) is 23.3 Å². The van der Waals surface area contributed by atoms with E-state index < -0.39 is 6.04 Å². The van der Waals surface area contributed by atoms with Crippen LogP contribution < -0.4 is 10.2 Å². The van der Waals surface area contributed by atoms with Gasteiger partial charge >= 0.3 is 5.97 Å². The Bertz CT molecular complexity index is 585. The van der Waals surface area contributed by atoms with E-state index in [-0.39, 0.29) is 30.1 Å². The maximum absolute atomic E-state index is 14.5. The van der Waals surface area contributed by atoms with E-state index in [2.05, 4.69) is 5.32 Å². The molecule has 126 valence electrons. The van der Waals surface area contributed by atoms with Crippen LogP contribution in [0.2, 0.25) is 0 Å². The zero-order chi connectivity index (χ0) is 16.6. The van der Waals surface area contributed by atoms with Crippen molar-refractivity contribution in [1.82, 2.24) is 0 Å². The van der Waals surface area contributed by atoms with Crippen LogP contribution >= 0.6 is 0 Å². The van der Waals surface area contributed by atoms with Gasteiger partial charge in [0.25, 0.3) is 0 Å². The van der Waals surface area contributed by atoms with E-state index in [4.69, 9.17) is 9.47 Å². The van der Waals surface area contributed by atoms with Crippen molar-refractivity contribution >= 4 is 17.3 Å². The summed E-state index contributed by atoms with van der Waals surface area (Å²) in [6.45, 7) is 7.16. The van der Waals surface area contributed by atoms with Crippen molar-refractivity contribution in [1.29, 1.82) is 0 Å². The summed E-state index contributed by atoms with van der Waals surface area (Å²) in [5.74, 6) is -0.575. The fourth-order valence-corrected chi connectivity index (χ4v) is 3.30. The Hall–Kier alpha value is -1.82. The van der Waals surface area contributed by atoms with E-state index >= 15 is 0 Å². The molecule has 2 aliphatic heterocycles. The summed E-state index contributed by atoms with van der Waals surface area (Å²) < 4.78 is 25.3. The Morgan fingerprint density at radius 1 is 1.17 bits per heavy atom. The number of nitrogens with one attached hydrogen (secondary N) is 1. The SMILES string of the molecule is C[C@@H]1C[C@H](Nc2ccc(N3C[C@H](C)O[C@@H](C)C3)c(F)c2)C(=O)O1. The molecule has 0 aromatic heterocycles. The number of cyclic esters (lactones) is 1. The lowest BCUT2D eigenvalue weighted by Gasteiger charge is -2.37. The second-order valence-electron chi connectivity index (χ2n) is 6.51. The number of morpholine rings is 1. The number of hydrogen-bond acceptors (Lipinski definition) is 5. The van der Waals surface area contributed by atoms with Gasteiger partial charge in [0.2, 0.25) is 0 Å². The normalized spacial score (nSPS) is 31.1. The lowest BCUT2D eigenvalue weighted by molar-refractivity contribution is -0.141. The van der Waals surface area contributed by atoms with Crippen LogP contribution in [0.25, 0.3) is 0 Å². The quantitative estimate of drug-likeness (QED) is 0.867. The van der Waals surface area contributed by atoms with E-state index in [0.29, 0.717) is 30.9 Å². The van der Waals surface area contributed by atoms with E-state index in [1.54, 1.807) is 12.1 Å². The molecular formula is C17H23FN2O3. The molecule has 6 heteroatoms. The predicted molar refractivity (Wildman–Crippen MR) is 86.2 cm³/mol. The molecule has 0 saturated carbocycles. The monoisotopic (exact) mass is 322 g/mol. The summed E-state index contributed by atoms with van der Waals surface area (Å²) in [6, 6.07) is 4.60. The summed E-state index contributed by atoms with van der Waals surface area (Å²) in [5.41, 5.74) is 1.16. The third-order valence-corrected chi connectivity index (χ3v) is 4.22. The van der Waals surface area contributed by atoms with Gasteiger partial charge in [0, 0.05) is 25.2 Å². The summed E-state index contributed by atoms with van der Waals surface area (Å²) in [5, 5.41) is 3.05. The fourth-order valence-electron chi connectivity index (χ4n) is 3.30. The van der Waals surface area contributed by atoms with Crippen molar-refractivity contribution in [3.63, 3.8) is 0 Å². The molecule has 0 radical (unpaired) electrons. The molecule has 1 N–H and O–H groups in total. The van der Waals surface area contributed by atoms with Gasteiger partial charge in [-0.25, -0.2) is 9.18 Å². The van der Waals surface area contributed by atoms with Crippen molar-refractivity contribution in [3.8, 4) is 0 Å². The van der Waals surface area contributed by atoms with Gasteiger partial charge in [-0.15, -0.1) is 0 Å². The summed E-state index contributed by atoms with van der Waals surface area (Å²) >= 11 is 0. The van der Waals surface area contributed by atoms with Crippen LogP contribution in [0.4, 0.5) is 15.8 Å². The molecule has 1 aromatic carbocycles. The van der Waals surface area contributed by atoms with Gasteiger partial charge < -0.3 is 19.7 Å². The summed E-state index contributed by atoms with van der Waals surface area (Å²) in [4.78, 5) is 13.7. The summed E-state index contributed by atoms with van der Waals surface area (Å²) in [7, 11) is 0. The van der Waals surface area contributed by atoms with Crippen molar-refractivity contribution in [2.24, 2.45) is 0 Å². The molecule has 2 fully saturated rings. The molecule has 2 saturated heterocycles. The van der Waals surface area contributed by atoms with E-state index in [1.165, 1.54) is 6.07 Å². The molecule has 1 aromatic rings. The number of anilines is 2. The van der Waals surface area contributed by atoms with Gasteiger partial charge in [0.1, 0.15) is 18.0 Å². The number of nitrogens with zero attached hydrogens (tertiary/aromatic N) is 1. The number of esters is 1. The second-order valence-corrected chi connectivity index (χ2v) is 6.51. The van der Waals surface area contributed by atoms with E-state index in [9.17, 15) is 9.18 Å². The minimum atomic E-state index is -0.404. The van der Waals surface area contributed by atoms with Crippen LogP contribution in [-0.2, 0) is 14.3 Å². The van der Waals surface area contributed by atoms with Gasteiger partial charge in [0.15, 0.2) is 0 Å². The average molecular weight is 322 g/mol. The van der Waals surface area contributed by atoms with E-state index in [0.717, 1.165) is 0 Å². The standard InChI is InChI=1S/C17H23FN2O3/c1-10-6-15(17(21)23-10)19-13-4-5-16(14(18)7-13)20-8-11(2)22-12(3)9-20/h4-5,7,10-12,15,19H,6,8-9H2,1-3H3/t10-,11+,12+,15+/m1/s1. The zero-order valence-corrected chi connectivity index (χ0v) is 13.7. The average Bonchev–Trinajstić information content (AvgIpc) is 2.75. The largest absolute Gasteiger partial charge is 0.461 e. The zero-order valence-electron chi connectivity index (χ0n) is 13.7. The Kier molecular flexibility index (Phi) is 4.43. The van der Waals surface area contributed by atoms with Crippen molar-refractivity contribution in [2.45, 2.75) is 51.5 Å². The van der Waals surface area contributed by atoms with Crippen LogP contribution in [-0.4, -0.2) is 43.4 Å². The van der Waals surface area contributed by atoms with Crippen LogP contribution in [0.15, 0.2) is 18.2 Å².